The van der Waals surface area contributed by atoms with Crippen molar-refractivity contribution in [2.75, 3.05) is 5.32 Å². The van der Waals surface area contributed by atoms with Gasteiger partial charge >= 0.3 is 0 Å². The number of tetrazole rings is 1. The van der Waals surface area contributed by atoms with Crippen molar-refractivity contribution in [3.8, 4) is 11.4 Å². The molecule has 1 aliphatic rings. The fourth-order valence-corrected chi connectivity index (χ4v) is 4.75. The Bertz CT molecular complexity index is 1300. The maximum atomic E-state index is 11.5. The van der Waals surface area contributed by atoms with Crippen molar-refractivity contribution in [3.63, 3.8) is 0 Å². The lowest BCUT2D eigenvalue weighted by molar-refractivity contribution is -0.114. The number of nitrogens with zero attached hydrogens (tertiary/aromatic N) is 7. The molecule has 168 valence electrons. The Hall–Kier alpha value is -3.53. The molecule has 0 bridgehead atoms. The van der Waals surface area contributed by atoms with Crippen LogP contribution < -0.4 is 5.32 Å². The molecule has 2 aromatic heterocycles. The Balaban J connectivity index is 1.46. The minimum absolute atomic E-state index is 0.105. The summed E-state index contributed by atoms with van der Waals surface area (Å²) < 4.78 is 3.89. The third kappa shape index (κ3) is 4.38. The van der Waals surface area contributed by atoms with Gasteiger partial charge in [-0.1, -0.05) is 36.0 Å². The quantitative estimate of drug-likeness (QED) is 0.416. The van der Waals surface area contributed by atoms with Gasteiger partial charge in [0.25, 0.3) is 0 Å². The van der Waals surface area contributed by atoms with Crippen LogP contribution in [0.2, 0.25) is 0 Å². The maximum Gasteiger partial charge on any atom is 0.221 e. The van der Waals surface area contributed by atoms with E-state index in [1.54, 1.807) is 16.4 Å². The summed E-state index contributed by atoms with van der Waals surface area (Å²) in [5.41, 5.74) is 4.89. The highest BCUT2D eigenvalue weighted by atomic mass is 32.2. The molecule has 10 heteroatoms. The highest BCUT2D eigenvalue weighted by Gasteiger charge is 2.31. The van der Waals surface area contributed by atoms with E-state index in [0.717, 1.165) is 57.8 Å². The predicted molar refractivity (Wildman–Crippen MR) is 126 cm³/mol. The van der Waals surface area contributed by atoms with Crippen molar-refractivity contribution in [1.29, 1.82) is 0 Å². The number of amides is 1. The Labute approximate surface area is 195 Å². The molecule has 0 atom stereocenters. The minimum Gasteiger partial charge on any atom is -0.326 e. The van der Waals surface area contributed by atoms with Crippen LogP contribution in [0.3, 0.4) is 0 Å². The molecule has 0 aliphatic heterocycles. The topological polar surface area (TPSA) is 103 Å². The van der Waals surface area contributed by atoms with Gasteiger partial charge in [0, 0.05) is 18.5 Å². The van der Waals surface area contributed by atoms with E-state index in [0.29, 0.717) is 11.7 Å². The molecule has 5 rings (SSSR count). The first-order chi connectivity index (χ1) is 16.0. The molecule has 1 amide bonds. The molecular formula is C23H24N8OS. The lowest BCUT2D eigenvalue weighted by atomic mass is 10.1. The van der Waals surface area contributed by atoms with Gasteiger partial charge in [-0.2, -0.15) is 4.68 Å². The normalized spacial score (nSPS) is 13.3. The first-order valence-electron chi connectivity index (χ1n) is 10.8. The number of hydrogen-bond acceptors (Lipinski definition) is 7. The molecule has 4 aromatic rings. The number of nitrogens with one attached hydrogen (secondary N) is 1. The molecule has 0 radical (unpaired) electrons. The van der Waals surface area contributed by atoms with Crippen molar-refractivity contribution < 1.29 is 4.79 Å². The van der Waals surface area contributed by atoms with Crippen LogP contribution in [0, 0.1) is 13.8 Å². The van der Waals surface area contributed by atoms with E-state index in [9.17, 15) is 4.79 Å². The van der Waals surface area contributed by atoms with Crippen molar-refractivity contribution in [3.05, 3.63) is 65.2 Å². The lowest BCUT2D eigenvalue weighted by Crippen LogP contribution is -2.08. The zero-order chi connectivity index (χ0) is 22.9. The SMILES string of the molecule is CC(=O)Nc1cccc(-n2c(SCc3nnnn3-c3c(C)cccc3C)nnc2C2CC2)c1. The molecule has 2 heterocycles. The number of benzene rings is 2. The summed E-state index contributed by atoms with van der Waals surface area (Å²) in [7, 11) is 0. The first kappa shape index (κ1) is 21.3. The van der Waals surface area contributed by atoms with Crippen LogP contribution in [0.4, 0.5) is 5.69 Å². The van der Waals surface area contributed by atoms with Gasteiger partial charge in [0.1, 0.15) is 5.82 Å². The van der Waals surface area contributed by atoms with Crippen molar-refractivity contribution in [1.82, 2.24) is 35.0 Å². The molecular weight excluding hydrogens is 436 g/mol. The van der Waals surface area contributed by atoms with Crippen molar-refractivity contribution >= 4 is 23.4 Å². The van der Waals surface area contributed by atoms with Crippen LogP contribution in [0.15, 0.2) is 47.6 Å². The number of aryl methyl sites for hydroxylation is 2. The van der Waals surface area contributed by atoms with Crippen LogP contribution in [0.25, 0.3) is 11.4 Å². The summed E-state index contributed by atoms with van der Waals surface area (Å²) in [4.78, 5) is 11.5. The Morgan fingerprint density at radius 1 is 1.09 bits per heavy atom. The number of thioether (sulfide) groups is 1. The maximum absolute atomic E-state index is 11.5. The van der Waals surface area contributed by atoms with E-state index >= 15 is 0 Å². The smallest absolute Gasteiger partial charge is 0.221 e. The van der Waals surface area contributed by atoms with Crippen molar-refractivity contribution in [2.24, 2.45) is 0 Å². The van der Waals surface area contributed by atoms with E-state index in [1.165, 1.54) is 6.92 Å². The van der Waals surface area contributed by atoms with E-state index in [1.807, 2.05) is 30.3 Å². The van der Waals surface area contributed by atoms with Gasteiger partial charge in [0.15, 0.2) is 11.0 Å². The van der Waals surface area contributed by atoms with E-state index in [-0.39, 0.29) is 5.91 Å². The van der Waals surface area contributed by atoms with Crippen LogP contribution in [0.5, 0.6) is 0 Å². The molecule has 1 N–H and O–H groups in total. The molecule has 1 saturated carbocycles. The Morgan fingerprint density at radius 2 is 1.85 bits per heavy atom. The summed E-state index contributed by atoms with van der Waals surface area (Å²) in [5, 5.41) is 25.1. The highest BCUT2D eigenvalue weighted by Crippen LogP contribution is 2.41. The minimum atomic E-state index is -0.105. The van der Waals surface area contributed by atoms with Gasteiger partial charge < -0.3 is 5.32 Å². The number of carbonyl (C=O) groups excluding carboxylic acids is 1. The summed E-state index contributed by atoms with van der Waals surface area (Å²) in [6.45, 7) is 5.62. The average Bonchev–Trinajstić information content (AvgIpc) is 3.37. The molecule has 1 aliphatic carbocycles. The third-order valence-electron chi connectivity index (χ3n) is 5.54. The standard InChI is InChI=1S/C23H24N8OS/c1-14-6-4-7-15(2)21(14)31-20(25-28-29-31)13-33-23-27-26-22(17-10-11-17)30(23)19-9-5-8-18(12-19)24-16(3)32/h4-9,12,17H,10-11,13H2,1-3H3,(H,24,32). The number of anilines is 1. The zero-order valence-corrected chi connectivity index (χ0v) is 19.5. The summed E-state index contributed by atoms with van der Waals surface area (Å²) in [5.74, 6) is 2.54. The summed E-state index contributed by atoms with van der Waals surface area (Å²) in [6, 6.07) is 13.9. The molecule has 0 unspecified atom stereocenters. The second-order valence-electron chi connectivity index (χ2n) is 8.22. The van der Waals surface area contributed by atoms with Crippen LogP contribution in [-0.4, -0.2) is 40.9 Å². The van der Waals surface area contributed by atoms with Gasteiger partial charge in [-0.15, -0.1) is 15.3 Å². The summed E-state index contributed by atoms with van der Waals surface area (Å²) >= 11 is 1.54. The zero-order valence-electron chi connectivity index (χ0n) is 18.7. The largest absolute Gasteiger partial charge is 0.326 e. The molecule has 33 heavy (non-hydrogen) atoms. The average molecular weight is 461 g/mol. The number of para-hydroxylation sites is 1. The van der Waals surface area contributed by atoms with E-state index in [2.05, 4.69) is 61.6 Å². The number of carbonyl (C=O) groups is 1. The number of aromatic nitrogens is 7. The van der Waals surface area contributed by atoms with Crippen LogP contribution in [-0.2, 0) is 10.5 Å². The van der Waals surface area contributed by atoms with Crippen molar-refractivity contribution in [2.45, 2.75) is 50.4 Å². The van der Waals surface area contributed by atoms with Gasteiger partial charge in [0.2, 0.25) is 5.91 Å². The predicted octanol–water partition coefficient (Wildman–Crippen LogP) is 3.99. The molecule has 9 nitrogen and oxygen atoms in total. The highest BCUT2D eigenvalue weighted by molar-refractivity contribution is 7.98. The monoisotopic (exact) mass is 460 g/mol. The third-order valence-corrected chi connectivity index (χ3v) is 6.47. The fourth-order valence-electron chi connectivity index (χ4n) is 3.89. The van der Waals surface area contributed by atoms with E-state index < -0.39 is 0 Å². The Kier molecular flexibility index (Phi) is 5.67. The molecule has 0 spiro atoms. The fraction of sp³-hybridized carbons (Fsp3) is 0.304. The molecule has 0 saturated heterocycles. The first-order valence-corrected chi connectivity index (χ1v) is 11.8. The van der Waals surface area contributed by atoms with Gasteiger partial charge in [-0.05, 0) is 66.4 Å². The van der Waals surface area contributed by atoms with Gasteiger partial charge in [-0.25, -0.2) is 0 Å². The molecule has 1 fully saturated rings. The Morgan fingerprint density at radius 3 is 2.58 bits per heavy atom. The van der Waals surface area contributed by atoms with Gasteiger partial charge in [0.05, 0.1) is 17.1 Å². The second kappa shape index (κ2) is 8.78. The second-order valence-corrected chi connectivity index (χ2v) is 9.16. The van der Waals surface area contributed by atoms with E-state index in [4.69, 9.17) is 0 Å². The van der Waals surface area contributed by atoms with Crippen LogP contribution >= 0.6 is 11.8 Å². The number of rotatable bonds is 7. The lowest BCUT2D eigenvalue weighted by Gasteiger charge is -2.12. The molecule has 2 aromatic carbocycles. The number of hydrogen-bond donors (Lipinski definition) is 1. The summed E-state index contributed by atoms with van der Waals surface area (Å²) in [6.07, 6.45) is 2.22. The van der Waals surface area contributed by atoms with Gasteiger partial charge in [-0.3, -0.25) is 9.36 Å². The van der Waals surface area contributed by atoms with Crippen LogP contribution in [0.1, 0.15) is 48.5 Å².